The number of nitrogens with zero attached hydrogens (tertiary/aromatic N) is 4. The van der Waals surface area contributed by atoms with E-state index in [9.17, 15) is 13.2 Å². The number of piperazine rings is 1. The molecule has 2 fully saturated rings. The fraction of sp³-hybridized carbons (Fsp3) is 0.409. The molecule has 31 heavy (non-hydrogen) atoms. The summed E-state index contributed by atoms with van der Waals surface area (Å²) >= 11 is 0. The topological polar surface area (TPSA) is 106 Å². The predicted octanol–water partition coefficient (Wildman–Crippen LogP) is 2.14. The van der Waals surface area contributed by atoms with Gasteiger partial charge < -0.3 is 9.80 Å². The van der Waals surface area contributed by atoms with E-state index >= 15 is 0 Å². The molecule has 162 valence electrons. The lowest BCUT2D eigenvalue weighted by Gasteiger charge is -2.35. The van der Waals surface area contributed by atoms with Crippen LogP contribution in [0.1, 0.15) is 41.6 Å². The Bertz CT molecular complexity index is 1100. The van der Waals surface area contributed by atoms with Crippen LogP contribution in [0, 0.1) is 11.3 Å². The van der Waals surface area contributed by atoms with Crippen LogP contribution in [0.25, 0.3) is 0 Å². The number of nitriles is 1. The molecule has 1 N–H and O–H groups in total. The molecule has 0 bridgehead atoms. The minimum Gasteiger partial charge on any atom is -0.353 e. The molecule has 0 atom stereocenters. The molecule has 0 spiro atoms. The van der Waals surface area contributed by atoms with Crippen LogP contribution in [0.5, 0.6) is 0 Å². The first-order valence-corrected chi connectivity index (χ1v) is 12.0. The van der Waals surface area contributed by atoms with Gasteiger partial charge in [-0.25, -0.2) is 18.1 Å². The van der Waals surface area contributed by atoms with Gasteiger partial charge in [-0.2, -0.15) is 5.26 Å². The lowest BCUT2D eigenvalue weighted by atomic mass is 10.2. The van der Waals surface area contributed by atoms with E-state index < -0.39 is 10.0 Å². The van der Waals surface area contributed by atoms with Crippen molar-refractivity contribution in [1.82, 2.24) is 14.6 Å². The molecule has 1 saturated heterocycles. The van der Waals surface area contributed by atoms with Crippen LogP contribution >= 0.6 is 0 Å². The van der Waals surface area contributed by atoms with Crippen LogP contribution in [0.3, 0.4) is 0 Å². The molecule has 0 radical (unpaired) electrons. The average molecular weight is 440 g/mol. The van der Waals surface area contributed by atoms with Gasteiger partial charge in [-0.15, -0.1) is 0 Å². The molecular formula is C22H25N5O3S. The second kappa shape index (κ2) is 9.04. The first-order chi connectivity index (χ1) is 15.0. The van der Waals surface area contributed by atoms with E-state index in [-0.39, 0.29) is 16.8 Å². The van der Waals surface area contributed by atoms with Gasteiger partial charge in [0.2, 0.25) is 10.0 Å². The molecule has 1 aliphatic carbocycles. The second-order valence-corrected chi connectivity index (χ2v) is 9.64. The summed E-state index contributed by atoms with van der Waals surface area (Å²) in [5, 5.41) is 9.06. The first kappa shape index (κ1) is 21.3. The molecular weight excluding hydrogens is 414 g/mol. The number of sulfonamides is 1. The Morgan fingerprint density at radius 1 is 1.10 bits per heavy atom. The van der Waals surface area contributed by atoms with E-state index in [1.165, 1.54) is 12.1 Å². The van der Waals surface area contributed by atoms with E-state index in [2.05, 4.69) is 15.8 Å². The highest BCUT2D eigenvalue weighted by Gasteiger charge is 2.26. The lowest BCUT2D eigenvalue weighted by molar-refractivity contribution is 0.0746. The van der Waals surface area contributed by atoms with Gasteiger partial charge in [-0.05, 0) is 43.2 Å². The van der Waals surface area contributed by atoms with Crippen LogP contribution in [0.15, 0.2) is 47.5 Å². The van der Waals surface area contributed by atoms with Crippen molar-refractivity contribution < 1.29 is 13.2 Å². The molecule has 1 aromatic carbocycles. The molecule has 1 amide bonds. The van der Waals surface area contributed by atoms with Crippen molar-refractivity contribution in [3.63, 3.8) is 0 Å². The Hall–Kier alpha value is -2.96. The lowest BCUT2D eigenvalue weighted by Crippen LogP contribution is -2.49. The molecule has 1 aliphatic heterocycles. The van der Waals surface area contributed by atoms with Crippen LogP contribution in [0.2, 0.25) is 0 Å². The maximum Gasteiger partial charge on any atom is 0.254 e. The number of aromatic nitrogens is 1. The summed E-state index contributed by atoms with van der Waals surface area (Å²) in [6.07, 6.45) is 5.39. The van der Waals surface area contributed by atoms with E-state index in [0.717, 1.165) is 31.5 Å². The SMILES string of the molecule is N#Cc1ccnc(N2CCN(C(=O)c3cccc(S(=O)(=O)NC4CCCC4)c3)CC2)c1. The van der Waals surface area contributed by atoms with Gasteiger partial charge in [0.15, 0.2) is 0 Å². The monoisotopic (exact) mass is 439 g/mol. The number of nitrogens with one attached hydrogen (secondary N) is 1. The summed E-state index contributed by atoms with van der Waals surface area (Å²) in [5.41, 5.74) is 0.917. The Labute approximate surface area is 182 Å². The van der Waals surface area contributed by atoms with Crippen LogP contribution in [-0.2, 0) is 10.0 Å². The summed E-state index contributed by atoms with van der Waals surface area (Å²) in [6, 6.07) is 11.7. The third kappa shape index (κ3) is 4.86. The molecule has 1 aromatic heterocycles. The minimum absolute atomic E-state index is 0.0226. The first-order valence-electron chi connectivity index (χ1n) is 10.5. The average Bonchev–Trinajstić information content (AvgIpc) is 3.31. The third-order valence-electron chi connectivity index (χ3n) is 5.83. The normalized spacial score (nSPS) is 17.5. The van der Waals surface area contributed by atoms with Crippen molar-refractivity contribution in [2.24, 2.45) is 0 Å². The molecule has 9 heteroatoms. The standard InChI is InChI=1S/C22H25N5O3S/c23-16-17-8-9-24-21(14-17)26-10-12-27(13-11-26)22(28)18-4-3-7-20(15-18)31(29,30)25-19-5-1-2-6-19/h3-4,7-9,14-15,19,25H,1-2,5-6,10-13H2. The Morgan fingerprint density at radius 2 is 1.84 bits per heavy atom. The van der Waals surface area contributed by atoms with Gasteiger partial charge in [0.1, 0.15) is 5.82 Å². The molecule has 1 saturated carbocycles. The zero-order valence-electron chi connectivity index (χ0n) is 17.2. The van der Waals surface area contributed by atoms with E-state index in [1.54, 1.807) is 35.4 Å². The van der Waals surface area contributed by atoms with Crippen LogP contribution in [-0.4, -0.2) is 56.4 Å². The largest absolute Gasteiger partial charge is 0.353 e. The Balaban J connectivity index is 1.42. The predicted molar refractivity (Wildman–Crippen MR) is 116 cm³/mol. The number of hydrogen-bond donors (Lipinski definition) is 1. The van der Waals surface area contributed by atoms with Crippen molar-refractivity contribution in [3.05, 3.63) is 53.7 Å². The molecule has 2 heterocycles. The number of carbonyl (C=O) groups excluding carboxylic acids is 1. The quantitative estimate of drug-likeness (QED) is 0.765. The summed E-state index contributed by atoms with van der Waals surface area (Å²) < 4.78 is 28.2. The van der Waals surface area contributed by atoms with E-state index in [0.29, 0.717) is 37.3 Å². The van der Waals surface area contributed by atoms with Gasteiger partial charge in [0.05, 0.1) is 16.5 Å². The molecule has 8 nitrogen and oxygen atoms in total. The van der Waals surface area contributed by atoms with Crippen molar-refractivity contribution in [2.45, 2.75) is 36.6 Å². The number of hydrogen-bond acceptors (Lipinski definition) is 6. The maximum absolute atomic E-state index is 13.0. The third-order valence-corrected chi connectivity index (χ3v) is 7.35. The van der Waals surface area contributed by atoms with Gasteiger partial charge in [-0.3, -0.25) is 4.79 Å². The second-order valence-electron chi connectivity index (χ2n) is 7.92. The molecule has 0 unspecified atom stereocenters. The van der Waals surface area contributed by atoms with Gasteiger partial charge >= 0.3 is 0 Å². The number of amides is 1. The highest BCUT2D eigenvalue weighted by Crippen LogP contribution is 2.22. The summed E-state index contributed by atoms with van der Waals surface area (Å²) in [6.45, 7) is 2.17. The summed E-state index contributed by atoms with van der Waals surface area (Å²) in [4.78, 5) is 21.2. The number of carbonyl (C=O) groups is 1. The van der Waals surface area contributed by atoms with Crippen LogP contribution in [0.4, 0.5) is 5.82 Å². The molecule has 4 rings (SSSR count). The highest BCUT2D eigenvalue weighted by atomic mass is 32.2. The summed E-state index contributed by atoms with van der Waals surface area (Å²) in [7, 11) is -3.65. The smallest absolute Gasteiger partial charge is 0.254 e. The number of benzene rings is 1. The van der Waals surface area contributed by atoms with E-state index in [1.807, 2.05) is 4.90 Å². The van der Waals surface area contributed by atoms with Crippen LogP contribution < -0.4 is 9.62 Å². The van der Waals surface area contributed by atoms with Gasteiger partial charge in [0.25, 0.3) is 5.91 Å². The fourth-order valence-corrected chi connectivity index (χ4v) is 5.46. The zero-order chi connectivity index (χ0) is 21.8. The van der Waals surface area contributed by atoms with E-state index in [4.69, 9.17) is 5.26 Å². The number of pyridine rings is 1. The molecule has 2 aromatic rings. The van der Waals surface area contributed by atoms with Crippen molar-refractivity contribution in [1.29, 1.82) is 5.26 Å². The fourth-order valence-electron chi connectivity index (χ4n) is 4.11. The minimum atomic E-state index is -3.65. The number of rotatable bonds is 5. The highest BCUT2D eigenvalue weighted by molar-refractivity contribution is 7.89. The Morgan fingerprint density at radius 3 is 2.55 bits per heavy atom. The Kier molecular flexibility index (Phi) is 6.20. The van der Waals surface area contributed by atoms with Gasteiger partial charge in [-0.1, -0.05) is 18.9 Å². The van der Waals surface area contributed by atoms with Crippen molar-refractivity contribution in [3.8, 4) is 6.07 Å². The zero-order valence-corrected chi connectivity index (χ0v) is 18.0. The summed E-state index contributed by atoms with van der Waals surface area (Å²) in [5.74, 6) is 0.536. The maximum atomic E-state index is 13.0. The number of anilines is 1. The van der Waals surface area contributed by atoms with Crippen molar-refractivity contribution in [2.75, 3.05) is 31.1 Å². The van der Waals surface area contributed by atoms with Gasteiger partial charge in [0, 0.05) is 44.0 Å². The van der Waals surface area contributed by atoms with Crippen molar-refractivity contribution >= 4 is 21.7 Å². The molecule has 2 aliphatic rings.